The molecule has 0 aliphatic heterocycles. The normalized spacial score (nSPS) is 12.8. The van der Waals surface area contributed by atoms with E-state index in [0.717, 1.165) is 17.7 Å². The van der Waals surface area contributed by atoms with Crippen molar-refractivity contribution in [2.75, 3.05) is 13.2 Å². The molecule has 0 aliphatic rings. The Morgan fingerprint density at radius 3 is 3.00 bits per heavy atom. The summed E-state index contributed by atoms with van der Waals surface area (Å²) in [5, 5.41) is 15.9. The third kappa shape index (κ3) is 2.57. The monoisotopic (exact) mass is 247 g/mol. The van der Waals surface area contributed by atoms with Crippen LogP contribution in [0.25, 0.3) is 15.7 Å². The van der Waals surface area contributed by atoms with Crippen LogP contribution in [-0.2, 0) is 0 Å². The number of aliphatic hydroxyl groups excluding tert-OH is 1. The van der Waals surface area contributed by atoms with E-state index in [2.05, 4.69) is 41.5 Å². The van der Waals surface area contributed by atoms with Crippen molar-refractivity contribution in [3.8, 4) is 0 Å². The topological polar surface area (TPSA) is 32.3 Å². The van der Waals surface area contributed by atoms with Crippen LogP contribution in [0.5, 0.6) is 0 Å². The molecule has 0 saturated carbocycles. The first-order chi connectivity index (χ1) is 8.26. The van der Waals surface area contributed by atoms with Gasteiger partial charge >= 0.3 is 0 Å². The van der Waals surface area contributed by atoms with Gasteiger partial charge in [-0.3, -0.25) is 0 Å². The number of nitrogens with one attached hydrogen (secondary N) is 1. The van der Waals surface area contributed by atoms with Gasteiger partial charge in [-0.1, -0.05) is 25.6 Å². The van der Waals surface area contributed by atoms with Gasteiger partial charge in [0.15, 0.2) is 0 Å². The third-order valence-electron chi connectivity index (χ3n) is 2.88. The number of thiophene rings is 1. The molecule has 0 fully saturated rings. The zero-order valence-electron chi connectivity index (χ0n) is 9.94. The van der Waals surface area contributed by atoms with Crippen molar-refractivity contribution in [1.29, 1.82) is 0 Å². The van der Waals surface area contributed by atoms with E-state index < -0.39 is 0 Å². The minimum Gasteiger partial charge on any atom is -0.394 e. The maximum atomic E-state index is 9.34. The van der Waals surface area contributed by atoms with E-state index >= 15 is 0 Å². The molecule has 0 bridgehead atoms. The van der Waals surface area contributed by atoms with E-state index in [9.17, 15) is 5.11 Å². The molecule has 1 unspecified atom stereocenters. The van der Waals surface area contributed by atoms with Crippen molar-refractivity contribution < 1.29 is 5.11 Å². The summed E-state index contributed by atoms with van der Waals surface area (Å²) in [7, 11) is 0. The highest BCUT2D eigenvalue weighted by Crippen LogP contribution is 2.26. The minimum atomic E-state index is -0.0580. The minimum absolute atomic E-state index is 0.0580. The molecule has 2 aromatic rings. The predicted octanol–water partition coefficient (Wildman–Crippen LogP) is 2.88. The number of hydrogen-bond donors (Lipinski definition) is 2. The van der Waals surface area contributed by atoms with Gasteiger partial charge in [-0.15, -0.1) is 11.3 Å². The lowest BCUT2D eigenvalue weighted by atomic mass is 10.00. The summed E-state index contributed by atoms with van der Waals surface area (Å²) in [5.74, 6) is 0. The molecule has 2 rings (SSSR count). The number of benzene rings is 1. The van der Waals surface area contributed by atoms with Crippen molar-refractivity contribution in [1.82, 2.24) is 5.32 Å². The molecule has 0 aliphatic carbocycles. The number of likely N-dealkylation sites (N-methyl/N-ethyl adjacent to an activating group) is 1. The summed E-state index contributed by atoms with van der Waals surface area (Å²) < 4.78 is 1.26. The van der Waals surface area contributed by atoms with Crippen LogP contribution in [0.4, 0.5) is 0 Å². The molecule has 2 N–H and O–H groups in total. The van der Waals surface area contributed by atoms with Crippen molar-refractivity contribution in [2.24, 2.45) is 0 Å². The molecule has 2 nitrogen and oxygen atoms in total. The molecule has 17 heavy (non-hydrogen) atoms. The lowest BCUT2D eigenvalue weighted by Gasteiger charge is -2.18. The Labute approximate surface area is 106 Å². The zero-order valence-corrected chi connectivity index (χ0v) is 10.8. The second-order valence-electron chi connectivity index (χ2n) is 3.99. The van der Waals surface area contributed by atoms with Gasteiger partial charge in [0.1, 0.15) is 0 Å². The molecule has 0 spiro atoms. The summed E-state index contributed by atoms with van der Waals surface area (Å²) in [6, 6.07) is 8.37. The van der Waals surface area contributed by atoms with Crippen LogP contribution < -0.4 is 5.32 Å². The Morgan fingerprint density at radius 1 is 1.47 bits per heavy atom. The fraction of sp³-hybridized carbons (Fsp3) is 0.286. The Kier molecular flexibility index (Phi) is 3.94. The molecule has 1 atom stereocenters. The quantitative estimate of drug-likeness (QED) is 0.851. The predicted molar refractivity (Wildman–Crippen MR) is 75.4 cm³/mol. The molecule has 1 aromatic heterocycles. The fourth-order valence-corrected chi connectivity index (χ4v) is 2.73. The Balaban J connectivity index is 2.28. The first kappa shape index (κ1) is 12.3. The molecular weight excluding hydrogens is 230 g/mol. The second-order valence-corrected chi connectivity index (χ2v) is 4.94. The van der Waals surface area contributed by atoms with E-state index in [1.807, 2.05) is 6.92 Å². The van der Waals surface area contributed by atoms with Gasteiger partial charge in [0, 0.05) is 4.70 Å². The number of rotatable bonds is 5. The molecule has 1 heterocycles. The lowest BCUT2D eigenvalue weighted by Crippen LogP contribution is -2.33. The van der Waals surface area contributed by atoms with Crippen LogP contribution in [0.15, 0.2) is 36.2 Å². The van der Waals surface area contributed by atoms with Crippen molar-refractivity contribution in [3.63, 3.8) is 0 Å². The average molecular weight is 247 g/mol. The summed E-state index contributed by atoms with van der Waals surface area (Å²) >= 11 is 1.73. The van der Waals surface area contributed by atoms with Crippen molar-refractivity contribution in [2.45, 2.75) is 13.0 Å². The Bertz CT molecular complexity index is 518. The smallest absolute Gasteiger partial charge is 0.0626 e. The maximum absolute atomic E-state index is 9.34. The summed E-state index contributed by atoms with van der Waals surface area (Å²) in [4.78, 5) is 0. The van der Waals surface area contributed by atoms with E-state index in [0.29, 0.717) is 0 Å². The van der Waals surface area contributed by atoms with Gasteiger partial charge in [-0.25, -0.2) is 0 Å². The fourth-order valence-electron chi connectivity index (χ4n) is 1.90. The van der Waals surface area contributed by atoms with Crippen LogP contribution in [0, 0.1) is 0 Å². The summed E-state index contributed by atoms with van der Waals surface area (Å²) in [6.07, 6.45) is 0. The van der Waals surface area contributed by atoms with Gasteiger partial charge in [-0.05, 0) is 40.6 Å². The van der Waals surface area contributed by atoms with Gasteiger partial charge in [0.25, 0.3) is 0 Å². The van der Waals surface area contributed by atoms with E-state index in [1.54, 1.807) is 11.3 Å². The highest BCUT2D eigenvalue weighted by Gasteiger charge is 2.12. The van der Waals surface area contributed by atoms with Crippen LogP contribution in [0.3, 0.4) is 0 Å². The Hall–Kier alpha value is -1.16. The standard InChI is InChI=1S/C14H17NOS/c1-3-15-13(9-16)10(2)12-5-4-11-6-7-17-14(11)8-12/h4-8,13,15-16H,2-3,9H2,1H3. The largest absolute Gasteiger partial charge is 0.394 e. The Morgan fingerprint density at radius 2 is 2.29 bits per heavy atom. The van der Waals surface area contributed by atoms with Gasteiger partial charge < -0.3 is 10.4 Å². The molecule has 0 radical (unpaired) electrons. The van der Waals surface area contributed by atoms with Crippen LogP contribution in [0.2, 0.25) is 0 Å². The average Bonchev–Trinajstić information content (AvgIpc) is 2.82. The molecule has 1 aromatic carbocycles. The number of fused-ring (bicyclic) bond motifs is 1. The van der Waals surface area contributed by atoms with Crippen LogP contribution in [-0.4, -0.2) is 24.3 Å². The number of aliphatic hydroxyl groups is 1. The van der Waals surface area contributed by atoms with Gasteiger partial charge in [0.2, 0.25) is 0 Å². The zero-order chi connectivity index (χ0) is 12.3. The van der Waals surface area contributed by atoms with Crippen molar-refractivity contribution >= 4 is 27.0 Å². The first-order valence-electron chi connectivity index (χ1n) is 5.77. The van der Waals surface area contributed by atoms with Crippen LogP contribution >= 0.6 is 11.3 Å². The van der Waals surface area contributed by atoms with Gasteiger partial charge in [-0.2, -0.15) is 0 Å². The van der Waals surface area contributed by atoms with Gasteiger partial charge in [0.05, 0.1) is 12.6 Å². The molecule has 3 heteroatoms. The van der Waals surface area contributed by atoms with E-state index in [4.69, 9.17) is 0 Å². The highest BCUT2D eigenvalue weighted by molar-refractivity contribution is 7.17. The maximum Gasteiger partial charge on any atom is 0.0626 e. The van der Waals surface area contributed by atoms with Crippen molar-refractivity contribution in [3.05, 3.63) is 41.8 Å². The SMILES string of the molecule is C=C(c1ccc2ccsc2c1)C(CO)NCC. The molecule has 0 amide bonds. The summed E-state index contributed by atoms with van der Waals surface area (Å²) in [6.45, 7) is 7.02. The number of hydrogen-bond acceptors (Lipinski definition) is 3. The summed E-state index contributed by atoms with van der Waals surface area (Å²) in [5.41, 5.74) is 2.05. The third-order valence-corrected chi connectivity index (χ3v) is 3.76. The van der Waals surface area contributed by atoms with E-state index in [1.165, 1.54) is 10.1 Å². The van der Waals surface area contributed by atoms with Crippen LogP contribution in [0.1, 0.15) is 12.5 Å². The molecular formula is C14H17NOS. The van der Waals surface area contributed by atoms with E-state index in [-0.39, 0.29) is 12.6 Å². The molecule has 90 valence electrons. The first-order valence-corrected chi connectivity index (χ1v) is 6.65. The molecule has 0 saturated heterocycles. The second kappa shape index (κ2) is 5.45. The lowest BCUT2D eigenvalue weighted by molar-refractivity contribution is 0.270. The highest BCUT2D eigenvalue weighted by atomic mass is 32.1.